The van der Waals surface area contributed by atoms with Crippen LogP contribution in [0.15, 0.2) is 67.3 Å². The van der Waals surface area contributed by atoms with Gasteiger partial charge in [0, 0.05) is 44.0 Å². The van der Waals surface area contributed by atoms with E-state index in [1.807, 2.05) is 24.3 Å². The van der Waals surface area contributed by atoms with Gasteiger partial charge in [-0.25, -0.2) is 0 Å². The molecule has 2 N–H and O–H groups in total. The number of rotatable bonds is 11. The van der Waals surface area contributed by atoms with Gasteiger partial charge in [-0.05, 0) is 68.3 Å². The summed E-state index contributed by atoms with van der Waals surface area (Å²) in [5.41, 5.74) is 2.39. The Hall–Kier alpha value is -2.63. The molecule has 1 aliphatic carbocycles. The zero-order valence-corrected chi connectivity index (χ0v) is 21.7. The van der Waals surface area contributed by atoms with Crippen LogP contribution in [0.3, 0.4) is 0 Å². The van der Waals surface area contributed by atoms with Crippen LogP contribution in [-0.4, -0.2) is 54.8 Å². The van der Waals surface area contributed by atoms with E-state index in [2.05, 4.69) is 47.1 Å². The van der Waals surface area contributed by atoms with Gasteiger partial charge in [0.2, 0.25) is 5.91 Å². The third-order valence-corrected chi connectivity index (χ3v) is 8.30. The third-order valence-electron chi connectivity index (χ3n) is 8.30. The van der Waals surface area contributed by atoms with Crippen LogP contribution in [-0.2, 0) is 21.4 Å². The Morgan fingerprint density at radius 3 is 2.78 bits per heavy atom. The summed E-state index contributed by atoms with van der Waals surface area (Å²) in [4.78, 5) is 15.4. The highest BCUT2D eigenvalue weighted by Crippen LogP contribution is 2.50. The fraction of sp³-hybridized carbons (Fsp3) is 0.516. The SMILES string of the molecule is C=CCN1CCC2(c3cccc(O)c3)CC(NC(=O)CCCCCc3ccccc3)CC(OC)C2C1. The van der Waals surface area contributed by atoms with Gasteiger partial charge in [0.15, 0.2) is 0 Å². The number of amides is 1. The largest absolute Gasteiger partial charge is 0.508 e. The number of aromatic hydroxyl groups is 1. The minimum atomic E-state index is -0.136. The molecule has 2 aromatic rings. The number of phenolic OH excluding ortho intramolecular Hbond substituents is 1. The first-order valence-corrected chi connectivity index (χ1v) is 13.5. The van der Waals surface area contributed by atoms with Gasteiger partial charge in [0.25, 0.3) is 0 Å². The number of phenols is 1. The smallest absolute Gasteiger partial charge is 0.220 e. The molecule has 36 heavy (non-hydrogen) atoms. The normalized spacial score (nSPS) is 26.2. The van der Waals surface area contributed by atoms with E-state index >= 15 is 0 Å². The van der Waals surface area contributed by atoms with E-state index in [1.54, 1.807) is 13.2 Å². The molecule has 5 nitrogen and oxygen atoms in total. The number of carbonyl (C=O) groups excluding carboxylic acids is 1. The first-order chi connectivity index (χ1) is 17.5. The Balaban J connectivity index is 1.39. The first-order valence-electron chi connectivity index (χ1n) is 13.5. The molecule has 0 radical (unpaired) electrons. The van der Waals surface area contributed by atoms with E-state index in [0.29, 0.717) is 18.1 Å². The zero-order chi connectivity index (χ0) is 25.4. The molecule has 0 spiro atoms. The van der Waals surface area contributed by atoms with E-state index < -0.39 is 0 Å². The number of likely N-dealkylation sites (tertiary alicyclic amines) is 1. The minimum Gasteiger partial charge on any atom is -0.508 e. The van der Waals surface area contributed by atoms with Crippen LogP contribution in [0, 0.1) is 5.92 Å². The quantitative estimate of drug-likeness (QED) is 0.334. The van der Waals surface area contributed by atoms with Crippen LogP contribution in [0.2, 0.25) is 0 Å². The fourth-order valence-corrected chi connectivity index (χ4v) is 6.53. The van der Waals surface area contributed by atoms with Gasteiger partial charge in [0.05, 0.1) is 6.10 Å². The third kappa shape index (κ3) is 6.37. The molecule has 1 heterocycles. The monoisotopic (exact) mass is 490 g/mol. The Bertz CT molecular complexity index is 994. The molecule has 0 aromatic heterocycles. The average Bonchev–Trinajstić information content (AvgIpc) is 2.89. The van der Waals surface area contributed by atoms with Crippen molar-refractivity contribution in [2.24, 2.45) is 5.92 Å². The topological polar surface area (TPSA) is 61.8 Å². The van der Waals surface area contributed by atoms with Gasteiger partial charge < -0.3 is 15.2 Å². The summed E-state index contributed by atoms with van der Waals surface area (Å²) in [5.74, 6) is 0.733. The van der Waals surface area contributed by atoms with E-state index in [9.17, 15) is 9.90 Å². The van der Waals surface area contributed by atoms with Crippen molar-refractivity contribution in [1.82, 2.24) is 10.2 Å². The van der Waals surface area contributed by atoms with Gasteiger partial charge in [-0.2, -0.15) is 0 Å². The summed E-state index contributed by atoms with van der Waals surface area (Å²) in [6.45, 7) is 6.70. The van der Waals surface area contributed by atoms with Crippen molar-refractivity contribution in [2.45, 2.75) is 68.9 Å². The summed E-state index contributed by atoms with van der Waals surface area (Å²) < 4.78 is 6.06. The second-order valence-corrected chi connectivity index (χ2v) is 10.6. The summed E-state index contributed by atoms with van der Waals surface area (Å²) in [6.07, 6.45) is 9.40. The maximum Gasteiger partial charge on any atom is 0.220 e. The highest BCUT2D eigenvalue weighted by Gasteiger charge is 2.52. The van der Waals surface area contributed by atoms with Crippen molar-refractivity contribution in [3.63, 3.8) is 0 Å². The number of ether oxygens (including phenoxy) is 1. The second-order valence-electron chi connectivity index (χ2n) is 10.6. The van der Waals surface area contributed by atoms with E-state index in [-0.39, 0.29) is 23.5 Å². The fourth-order valence-electron chi connectivity index (χ4n) is 6.53. The molecule has 1 amide bonds. The lowest BCUT2D eigenvalue weighted by atomic mass is 9.57. The number of methoxy groups -OCH3 is 1. The van der Waals surface area contributed by atoms with Crippen molar-refractivity contribution >= 4 is 5.91 Å². The molecule has 4 unspecified atom stereocenters. The molecule has 4 atom stereocenters. The number of nitrogens with zero attached hydrogens (tertiary/aromatic N) is 1. The number of unbranched alkanes of at least 4 members (excludes halogenated alkanes) is 2. The molecular formula is C31H42N2O3. The predicted molar refractivity (Wildman–Crippen MR) is 145 cm³/mol. The summed E-state index contributed by atoms with van der Waals surface area (Å²) in [5, 5.41) is 13.6. The lowest BCUT2D eigenvalue weighted by Gasteiger charge is -2.55. The van der Waals surface area contributed by atoms with Gasteiger partial charge >= 0.3 is 0 Å². The lowest BCUT2D eigenvalue weighted by Crippen LogP contribution is -2.61. The highest BCUT2D eigenvalue weighted by molar-refractivity contribution is 5.76. The Kier molecular flexibility index (Phi) is 9.22. The Labute approximate surface area is 216 Å². The van der Waals surface area contributed by atoms with Crippen LogP contribution >= 0.6 is 0 Å². The maximum absolute atomic E-state index is 12.9. The molecule has 2 fully saturated rings. The van der Waals surface area contributed by atoms with Crippen molar-refractivity contribution in [3.05, 3.63) is 78.4 Å². The van der Waals surface area contributed by atoms with Crippen LogP contribution in [0.25, 0.3) is 0 Å². The standard InChI is InChI=1S/C31H42N2O3/c1-3-18-33-19-17-31(25-14-10-15-27(34)20-25)22-26(21-29(36-2)28(31)23-33)32-30(35)16-9-5-8-13-24-11-6-4-7-12-24/h3-4,6-7,10-12,14-15,20,26,28-29,34H,1,5,8-9,13,16-19,21-23H2,2H3,(H,32,35). The molecule has 0 bridgehead atoms. The van der Waals surface area contributed by atoms with Crippen molar-refractivity contribution < 1.29 is 14.6 Å². The number of aryl methyl sites for hydroxylation is 1. The average molecular weight is 491 g/mol. The molecule has 1 aliphatic heterocycles. The number of carbonyl (C=O) groups is 1. The second kappa shape index (κ2) is 12.6. The maximum atomic E-state index is 12.9. The highest BCUT2D eigenvalue weighted by atomic mass is 16.5. The Morgan fingerprint density at radius 2 is 2.03 bits per heavy atom. The van der Waals surface area contributed by atoms with Crippen LogP contribution < -0.4 is 5.32 Å². The predicted octanol–water partition coefficient (Wildman–Crippen LogP) is 5.23. The van der Waals surface area contributed by atoms with Crippen LogP contribution in [0.4, 0.5) is 0 Å². The summed E-state index contributed by atoms with van der Waals surface area (Å²) in [6, 6.07) is 18.3. The molecule has 2 aliphatic rings. The summed E-state index contributed by atoms with van der Waals surface area (Å²) in [7, 11) is 1.79. The van der Waals surface area contributed by atoms with Crippen molar-refractivity contribution in [3.8, 4) is 5.75 Å². The first kappa shape index (κ1) is 26.4. The van der Waals surface area contributed by atoms with Crippen LogP contribution in [0.1, 0.15) is 56.1 Å². The number of hydrogen-bond acceptors (Lipinski definition) is 4. The minimum absolute atomic E-state index is 0.0462. The van der Waals surface area contributed by atoms with Gasteiger partial charge in [-0.1, -0.05) is 55.0 Å². The molecule has 1 saturated heterocycles. The molecular weight excluding hydrogens is 448 g/mol. The molecule has 4 rings (SSSR count). The number of nitrogens with one attached hydrogen (secondary N) is 1. The van der Waals surface area contributed by atoms with E-state index in [4.69, 9.17) is 4.74 Å². The molecule has 5 heteroatoms. The zero-order valence-electron chi connectivity index (χ0n) is 21.7. The van der Waals surface area contributed by atoms with Gasteiger partial charge in [0.1, 0.15) is 5.75 Å². The number of fused-ring (bicyclic) bond motifs is 1. The van der Waals surface area contributed by atoms with Gasteiger partial charge in [-0.3, -0.25) is 9.69 Å². The van der Waals surface area contributed by atoms with Gasteiger partial charge in [-0.15, -0.1) is 6.58 Å². The lowest BCUT2D eigenvalue weighted by molar-refractivity contribution is -0.124. The molecule has 2 aromatic carbocycles. The molecule has 194 valence electrons. The number of benzene rings is 2. The number of piperidine rings is 1. The van der Waals surface area contributed by atoms with Crippen LogP contribution in [0.5, 0.6) is 5.75 Å². The van der Waals surface area contributed by atoms with Crippen molar-refractivity contribution in [1.29, 1.82) is 0 Å². The van der Waals surface area contributed by atoms with E-state index in [1.165, 1.54) is 5.56 Å². The number of hydrogen-bond donors (Lipinski definition) is 2. The van der Waals surface area contributed by atoms with Crippen molar-refractivity contribution in [2.75, 3.05) is 26.7 Å². The summed E-state index contributed by atoms with van der Waals surface area (Å²) >= 11 is 0. The molecule has 1 saturated carbocycles. The van der Waals surface area contributed by atoms with E-state index in [0.717, 1.165) is 70.1 Å². The Morgan fingerprint density at radius 1 is 1.19 bits per heavy atom.